The third-order valence-electron chi connectivity index (χ3n) is 8.30. The summed E-state index contributed by atoms with van der Waals surface area (Å²) in [5.74, 6) is 9.22. The van der Waals surface area contributed by atoms with E-state index in [0.29, 0.717) is 11.5 Å². The Kier molecular flexibility index (Phi) is 8.66. The fourth-order valence-corrected chi connectivity index (χ4v) is 6.25. The van der Waals surface area contributed by atoms with Crippen molar-refractivity contribution in [2.45, 2.75) is 96.8 Å². The highest BCUT2D eigenvalue weighted by molar-refractivity contribution is 5.45. The lowest BCUT2D eigenvalue weighted by Crippen LogP contribution is -2.30. The summed E-state index contributed by atoms with van der Waals surface area (Å²) in [6, 6.07) is 13.9. The van der Waals surface area contributed by atoms with Gasteiger partial charge in [0.15, 0.2) is 0 Å². The molecule has 2 aromatic carbocycles. The standard InChI is InChI=1S/C32H41F/c1-3-4-5-6-7-8-26-14-16-29-22-30(20-19-28(29)21-26)31-18-17-27(32(33)23-31)15-13-25-11-9-24(2)10-12-25/h9-12,17-18,23,26,28-30H,3-8,14,16,19-22H2,1-2H3. The molecular formula is C32H41F. The molecule has 0 amide bonds. The first-order valence-electron chi connectivity index (χ1n) is 13.5. The Hall–Kier alpha value is -2.07. The average molecular weight is 445 g/mol. The van der Waals surface area contributed by atoms with Gasteiger partial charge in [-0.3, -0.25) is 0 Å². The molecule has 2 aliphatic rings. The highest BCUT2D eigenvalue weighted by atomic mass is 19.1. The zero-order valence-electron chi connectivity index (χ0n) is 20.7. The number of hydrogen-bond donors (Lipinski definition) is 0. The van der Waals surface area contributed by atoms with Crippen molar-refractivity contribution in [3.63, 3.8) is 0 Å². The topological polar surface area (TPSA) is 0 Å². The molecule has 0 N–H and O–H groups in total. The minimum Gasteiger partial charge on any atom is -0.206 e. The van der Waals surface area contributed by atoms with Crippen LogP contribution in [0.4, 0.5) is 4.39 Å². The second-order valence-electron chi connectivity index (χ2n) is 10.8. The van der Waals surface area contributed by atoms with Gasteiger partial charge in [-0.2, -0.15) is 0 Å². The summed E-state index contributed by atoms with van der Waals surface area (Å²) in [4.78, 5) is 0. The first kappa shape index (κ1) is 24.1. The molecule has 4 unspecified atom stereocenters. The molecule has 0 aliphatic heterocycles. The molecule has 33 heavy (non-hydrogen) atoms. The van der Waals surface area contributed by atoms with E-state index in [4.69, 9.17) is 0 Å². The van der Waals surface area contributed by atoms with E-state index in [2.05, 4.69) is 31.8 Å². The Morgan fingerprint density at radius 1 is 0.818 bits per heavy atom. The number of aryl methyl sites for hydroxylation is 1. The molecule has 4 atom stereocenters. The Morgan fingerprint density at radius 2 is 1.58 bits per heavy atom. The molecule has 0 saturated heterocycles. The Labute approximate surface area is 201 Å². The van der Waals surface area contributed by atoms with Gasteiger partial charge in [-0.25, -0.2) is 4.39 Å². The normalized spacial score (nSPS) is 24.6. The number of halogens is 1. The summed E-state index contributed by atoms with van der Waals surface area (Å²) >= 11 is 0. The summed E-state index contributed by atoms with van der Waals surface area (Å²) in [5.41, 5.74) is 3.83. The van der Waals surface area contributed by atoms with E-state index in [-0.39, 0.29) is 5.82 Å². The second kappa shape index (κ2) is 11.9. The van der Waals surface area contributed by atoms with E-state index in [9.17, 15) is 4.39 Å². The van der Waals surface area contributed by atoms with Crippen molar-refractivity contribution in [1.29, 1.82) is 0 Å². The van der Waals surface area contributed by atoms with Gasteiger partial charge in [0.1, 0.15) is 5.82 Å². The van der Waals surface area contributed by atoms with Crippen LogP contribution < -0.4 is 0 Å². The van der Waals surface area contributed by atoms with Crippen LogP contribution in [0.1, 0.15) is 112 Å². The SMILES string of the molecule is CCCCCCCC1CCC2CC(c3ccc(C#Cc4ccc(C)cc4)c(F)c3)CCC2C1. The number of hydrogen-bond acceptors (Lipinski definition) is 0. The first-order valence-corrected chi connectivity index (χ1v) is 13.5. The molecule has 0 nitrogen and oxygen atoms in total. The molecular weight excluding hydrogens is 403 g/mol. The van der Waals surface area contributed by atoms with E-state index < -0.39 is 0 Å². The fourth-order valence-electron chi connectivity index (χ4n) is 6.25. The molecule has 176 valence electrons. The Bertz CT molecular complexity index is 945. The highest BCUT2D eigenvalue weighted by Crippen LogP contribution is 2.48. The van der Waals surface area contributed by atoms with Gasteiger partial charge in [-0.1, -0.05) is 87.5 Å². The van der Waals surface area contributed by atoms with Gasteiger partial charge in [-0.15, -0.1) is 0 Å². The van der Waals surface area contributed by atoms with Crippen molar-refractivity contribution in [2.24, 2.45) is 17.8 Å². The molecule has 0 spiro atoms. The van der Waals surface area contributed by atoms with Crippen LogP contribution >= 0.6 is 0 Å². The maximum atomic E-state index is 14.8. The summed E-state index contributed by atoms with van der Waals surface area (Å²) < 4.78 is 14.8. The monoisotopic (exact) mass is 444 g/mol. The molecule has 2 aromatic rings. The average Bonchev–Trinajstić information content (AvgIpc) is 2.84. The number of unbranched alkanes of at least 4 members (excludes halogenated alkanes) is 4. The predicted molar refractivity (Wildman–Crippen MR) is 138 cm³/mol. The smallest absolute Gasteiger partial charge is 0.139 e. The molecule has 4 rings (SSSR count). The molecule has 0 radical (unpaired) electrons. The van der Waals surface area contributed by atoms with Gasteiger partial charge >= 0.3 is 0 Å². The molecule has 2 aliphatic carbocycles. The summed E-state index contributed by atoms with van der Waals surface area (Å²) in [5, 5.41) is 0. The third-order valence-corrected chi connectivity index (χ3v) is 8.30. The number of rotatable bonds is 7. The van der Waals surface area contributed by atoms with E-state index in [0.717, 1.165) is 23.3 Å². The highest BCUT2D eigenvalue weighted by Gasteiger charge is 2.35. The Balaban J connectivity index is 1.30. The molecule has 0 aromatic heterocycles. The summed E-state index contributed by atoms with van der Waals surface area (Å²) in [6.45, 7) is 4.35. The molecule has 0 heterocycles. The van der Waals surface area contributed by atoms with E-state index in [1.54, 1.807) is 6.07 Å². The van der Waals surface area contributed by atoms with Crippen molar-refractivity contribution in [3.05, 3.63) is 70.5 Å². The van der Waals surface area contributed by atoms with Gasteiger partial charge in [-0.05, 0) is 92.5 Å². The van der Waals surface area contributed by atoms with Crippen LogP contribution in [0, 0.1) is 42.3 Å². The third kappa shape index (κ3) is 6.72. The molecule has 1 heteroatoms. The van der Waals surface area contributed by atoms with Gasteiger partial charge in [0.2, 0.25) is 0 Å². The first-order chi connectivity index (χ1) is 16.1. The largest absolute Gasteiger partial charge is 0.206 e. The lowest BCUT2D eigenvalue weighted by Gasteiger charge is -2.42. The summed E-state index contributed by atoms with van der Waals surface area (Å²) in [7, 11) is 0. The minimum atomic E-state index is -0.166. The predicted octanol–water partition coefficient (Wildman–Crippen LogP) is 9.19. The van der Waals surface area contributed by atoms with Crippen LogP contribution in [0.5, 0.6) is 0 Å². The quantitative estimate of drug-likeness (QED) is 0.295. The van der Waals surface area contributed by atoms with Crippen LogP contribution in [-0.4, -0.2) is 0 Å². The van der Waals surface area contributed by atoms with Crippen LogP contribution in [0.25, 0.3) is 0 Å². The van der Waals surface area contributed by atoms with Crippen molar-refractivity contribution in [2.75, 3.05) is 0 Å². The van der Waals surface area contributed by atoms with Crippen molar-refractivity contribution >= 4 is 0 Å². The molecule has 0 bridgehead atoms. The van der Waals surface area contributed by atoms with E-state index >= 15 is 0 Å². The molecule has 2 fully saturated rings. The van der Waals surface area contributed by atoms with Crippen molar-refractivity contribution in [1.82, 2.24) is 0 Å². The lowest BCUT2D eigenvalue weighted by molar-refractivity contribution is 0.113. The minimum absolute atomic E-state index is 0.166. The van der Waals surface area contributed by atoms with Gasteiger partial charge < -0.3 is 0 Å². The number of benzene rings is 2. The van der Waals surface area contributed by atoms with Crippen LogP contribution in [0.15, 0.2) is 42.5 Å². The van der Waals surface area contributed by atoms with Gasteiger partial charge in [0.25, 0.3) is 0 Å². The zero-order valence-corrected chi connectivity index (χ0v) is 20.7. The van der Waals surface area contributed by atoms with Crippen molar-refractivity contribution < 1.29 is 4.39 Å². The Morgan fingerprint density at radius 3 is 2.36 bits per heavy atom. The maximum absolute atomic E-state index is 14.8. The van der Waals surface area contributed by atoms with Gasteiger partial charge in [0, 0.05) is 5.56 Å². The zero-order chi connectivity index (χ0) is 23.0. The van der Waals surface area contributed by atoms with Crippen LogP contribution in [0.3, 0.4) is 0 Å². The van der Waals surface area contributed by atoms with Crippen LogP contribution in [0.2, 0.25) is 0 Å². The molecule has 2 saturated carbocycles. The maximum Gasteiger partial charge on any atom is 0.139 e. The van der Waals surface area contributed by atoms with E-state index in [1.807, 2.05) is 30.3 Å². The lowest BCUT2D eigenvalue weighted by atomic mass is 9.63. The second-order valence-corrected chi connectivity index (χ2v) is 10.8. The van der Waals surface area contributed by atoms with Gasteiger partial charge in [0.05, 0.1) is 5.56 Å². The van der Waals surface area contributed by atoms with E-state index in [1.165, 1.54) is 88.2 Å². The fraction of sp³-hybridized carbons (Fsp3) is 0.562. The summed E-state index contributed by atoms with van der Waals surface area (Å²) in [6.07, 6.45) is 16.5. The number of fused-ring (bicyclic) bond motifs is 1. The van der Waals surface area contributed by atoms with Crippen molar-refractivity contribution in [3.8, 4) is 11.8 Å². The van der Waals surface area contributed by atoms with Crippen LogP contribution in [-0.2, 0) is 0 Å².